The van der Waals surface area contributed by atoms with E-state index in [0.717, 1.165) is 10.6 Å². The highest BCUT2D eigenvalue weighted by molar-refractivity contribution is 7.99. The van der Waals surface area contributed by atoms with Gasteiger partial charge in [0, 0.05) is 16.0 Å². The zero-order valence-electron chi connectivity index (χ0n) is 11.8. The lowest BCUT2D eigenvalue weighted by atomic mass is 10.1. The standard InChI is InChI=1S/C15H18ClNO3S/c1-2-21-13-6-4-10(16)8-12(13)14(18)17-11-5-3-9(7-11)15(19)20/h4,6,8-9,11H,2-3,5,7H2,1H3,(H,17,18)(H,19,20)/t9-,11+/m0/s1. The van der Waals surface area contributed by atoms with Crippen molar-refractivity contribution in [2.75, 3.05) is 5.75 Å². The number of carbonyl (C=O) groups excluding carboxylic acids is 1. The highest BCUT2D eigenvalue weighted by Gasteiger charge is 2.31. The molecule has 2 atom stereocenters. The maximum atomic E-state index is 12.4. The van der Waals surface area contributed by atoms with Gasteiger partial charge in [-0.15, -0.1) is 11.8 Å². The number of benzene rings is 1. The van der Waals surface area contributed by atoms with Crippen LogP contribution in [-0.2, 0) is 4.79 Å². The van der Waals surface area contributed by atoms with Gasteiger partial charge in [-0.3, -0.25) is 9.59 Å². The van der Waals surface area contributed by atoms with Crippen molar-refractivity contribution in [3.8, 4) is 0 Å². The van der Waals surface area contributed by atoms with E-state index in [-0.39, 0.29) is 17.9 Å². The number of carboxylic acids is 1. The van der Waals surface area contributed by atoms with Crippen LogP contribution in [0, 0.1) is 5.92 Å². The van der Waals surface area contributed by atoms with Gasteiger partial charge in [-0.05, 0) is 43.2 Å². The normalized spacial score (nSPS) is 21.2. The van der Waals surface area contributed by atoms with Crippen LogP contribution in [-0.4, -0.2) is 28.8 Å². The fourth-order valence-electron chi connectivity index (χ4n) is 2.56. The highest BCUT2D eigenvalue weighted by Crippen LogP contribution is 2.28. The Morgan fingerprint density at radius 3 is 2.81 bits per heavy atom. The summed E-state index contributed by atoms with van der Waals surface area (Å²) < 4.78 is 0. The molecule has 114 valence electrons. The minimum absolute atomic E-state index is 0.0722. The number of thioether (sulfide) groups is 1. The quantitative estimate of drug-likeness (QED) is 0.813. The van der Waals surface area contributed by atoms with E-state index in [2.05, 4.69) is 5.32 Å². The Bertz CT molecular complexity index is 550. The lowest BCUT2D eigenvalue weighted by Crippen LogP contribution is -2.33. The molecule has 0 aromatic heterocycles. The van der Waals surface area contributed by atoms with Gasteiger partial charge in [-0.1, -0.05) is 18.5 Å². The molecule has 6 heteroatoms. The van der Waals surface area contributed by atoms with Gasteiger partial charge in [0.25, 0.3) is 5.91 Å². The molecule has 1 aromatic carbocycles. The maximum Gasteiger partial charge on any atom is 0.306 e. The highest BCUT2D eigenvalue weighted by atomic mass is 35.5. The predicted molar refractivity (Wildman–Crippen MR) is 84.1 cm³/mol. The largest absolute Gasteiger partial charge is 0.481 e. The second kappa shape index (κ2) is 7.18. The van der Waals surface area contributed by atoms with E-state index in [1.807, 2.05) is 13.0 Å². The molecule has 1 aliphatic carbocycles. The van der Waals surface area contributed by atoms with E-state index in [9.17, 15) is 9.59 Å². The fraction of sp³-hybridized carbons (Fsp3) is 0.467. The molecule has 1 aliphatic rings. The molecule has 1 amide bonds. The second-order valence-corrected chi connectivity index (χ2v) is 6.83. The number of hydrogen-bond donors (Lipinski definition) is 2. The van der Waals surface area contributed by atoms with Gasteiger partial charge in [0.2, 0.25) is 0 Å². The van der Waals surface area contributed by atoms with Gasteiger partial charge in [0.15, 0.2) is 0 Å². The first-order valence-corrected chi connectivity index (χ1v) is 8.33. The number of rotatable bonds is 5. The van der Waals surface area contributed by atoms with E-state index < -0.39 is 5.97 Å². The number of carbonyl (C=O) groups is 2. The SMILES string of the molecule is CCSc1ccc(Cl)cc1C(=O)N[C@@H]1CC[C@H](C(=O)O)C1. The molecule has 0 aliphatic heterocycles. The average Bonchev–Trinajstić information content (AvgIpc) is 2.89. The monoisotopic (exact) mass is 327 g/mol. The number of hydrogen-bond acceptors (Lipinski definition) is 3. The topological polar surface area (TPSA) is 66.4 Å². The molecule has 0 bridgehead atoms. The van der Waals surface area contributed by atoms with Crippen LogP contribution in [0.1, 0.15) is 36.5 Å². The predicted octanol–water partition coefficient (Wildman–Crippen LogP) is 3.44. The molecule has 21 heavy (non-hydrogen) atoms. The molecule has 0 unspecified atom stereocenters. The van der Waals surface area contributed by atoms with Crippen LogP contribution in [0.15, 0.2) is 23.1 Å². The molecule has 4 nitrogen and oxygen atoms in total. The molecule has 2 rings (SSSR count). The van der Waals surface area contributed by atoms with Crippen LogP contribution in [0.2, 0.25) is 5.02 Å². The molecule has 0 saturated heterocycles. The maximum absolute atomic E-state index is 12.4. The smallest absolute Gasteiger partial charge is 0.306 e. The molecule has 1 saturated carbocycles. The van der Waals surface area contributed by atoms with Gasteiger partial charge in [-0.2, -0.15) is 0 Å². The van der Waals surface area contributed by atoms with Crippen LogP contribution >= 0.6 is 23.4 Å². The first-order chi connectivity index (χ1) is 10.0. The number of nitrogens with one attached hydrogen (secondary N) is 1. The molecule has 0 spiro atoms. The zero-order valence-corrected chi connectivity index (χ0v) is 13.3. The van der Waals surface area contributed by atoms with Crippen molar-refractivity contribution in [1.82, 2.24) is 5.32 Å². The summed E-state index contributed by atoms with van der Waals surface area (Å²) in [5.74, 6) is -0.438. The Morgan fingerprint density at radius 1 is 1.43 bits per heavy atom. The molecule has 2 N–H and O–H groups in total. The van der Waals surface area contributed by atoms with Crippen LogP contribution in [0.25, 0.3) is 0 Å². The first kappa shape index (κ1) is 16.2. The number of carboxylic acid groups (broad SMARTS) is 1. The average molecular weight is 328 g/mol. The minimum atomic E-state index is -0.781. The third-order valence-electron chi connectivity index (χ3n) is 3.60. The third-order valence-corrected chi connectivity index (χ3v) is 4.79. The molecule has 0 radical (unpaired) electrons. The molecule has 0 heterocycles. The van der Waals surface area contributed by atoms with E-state index in [4.69, 9.17) is 16.7 Å². The van der Waals surface area contributed by atoms with E-state index in [0.29, 0.717) is 29.8 Å². The lowest BCUT2D eigenvalue weighted by Gasteiger charge is -2.14. The van der Waals surface area contributed by atoms with Crippen molar-refractivity contribution < 1.29 is 14.7 Å². The van der Waals surface area contributed by atoms with Gasteiger partial charge in [-0.25, -0.2) is 0 Å². The number of halogens is 1. The van der Waals surface area contributed by atoms with Crippen molar-refractivity contribution in [2.45, 2.75) is 37.1 Å². The molecular formula is C15H18ClNO3S. The lowest BCUT2D eigenvalue weighted by molar-refractivity contribution is -0.141. The zero-order chi connectivity index (χ0) is 15.4. The molecular weight excluding hydrogens is 310 g/mol. The second-order valence-electron chi connectivity index (χ2n) is 5.09. The van der Waals surface area contributed by atoms with Crippen LogP contribution in [0.5, 0.6) is 0 Å². The van der Waals surface area contributed by atoms with Crippen molar-refractivity contribution >= 4 is 35.2 Å². The van der Waals surface area contributed by atoms with Crippen molar-refractivity contribution in [3.63, 3.8) is 0 Å². The summed E-state index contributed by atoms with van der Waals surface area (Å²) in [6, 6.07) is 5.21. The fourth-order valence-corrected chi connectivity index (χ4v) is 3.52. The Kier molecular flexibility index (Phi) is 5.53. The van der Waals surface area contributed by atoms with Gasteiger partial charge >= 0.3 is 5.97 Å². The van der Waals surface area contributed by atoms with Crippen molar-refractivity contribution in [3.05, 3.63) is 28.8 Å². The molecule has 1 fully saturated rings. The van der Waals surface area contributed by atoms with Crippen LogP contribution in [0.3, 0.4) is 0 Å². The number of amides is 1. The molecule has 1 aromatic rings. The number of aliphatic carboxylic acids is 1. The summed E-state index contributed by atoms with van der Waals surface area (Å²) in [5, 5.41) is 12.5. The Morgan fingerprint density at radius 2 is 2.19 bits per heavy atom. The summed E-state index contributed by atoms with van der Waals surface area (Å²) in [6.07, 6.45) is 1.82. The summed E-state index contributed by atoms with van der Waals surface area (Å²) in [4.78, 5) is 24.2. The Hall–Kier alpha value is -1.20. The Balaban J connectivity index is 2.07. The van der Waals surface area contributed by atoms with Crippen molar-refractivity contribution in [2.24, 2.45) is 5.92 Å². The summed E-state index contributed by atoms with van der Waals surface area (Å²) in [6.45, 7) is 2.02. The summed E-state index contributed by atoms with van der Waals surface area (Å²) in [7, 11) is 0. The summed E-state index contributed by atoms with van der Waals surface area (Å²) in [5.41, 5.74) is 0.563. The van der Waals surface area contributed by atoms with E-state index >= 15 is 0 Å². The van der Waals surface area contributed by atoms with Gasteiger partial charge in [0.05, 0.1) is 11.5 Å². The third kappa shape index (κ3) is 4.14. The first-order valence-electron chi connectivity index (χ1n) is 6.97. The van der Waals surface area contributed by atoms with Gasteiger partial charge in [0.1, 0.15) is 0 Å². The van der Waals surface area contributed by atoms with Gasteiger partial charge < -0.3 is 10.4 Å². The van der Waals surface area contributed by atoms with Crippen LogP contribution < -0.4 is 5.32 Å². The Labute approximate surface area is 133 Å². The van der Waals surface area contributed by atoms with Crippen molar-refractivity contribution in [1.29, 1.82) is 0 Å². The minimum Gasteiger partial charge on any atom is -0.481 e. The van der Waals surface area contributed by atoms with E-state index in [1.54, 1.807) is 23.9 Å². The van der Waals surface area contributed by atoms with E-state index in [1.165, 1.54) is 0 Å². The van der Waals surface area contributed by atoms with Crippen LogP contribution in [0.4, 0.5) is 0 Å². The summed E-state index contributed by atoms with van der Waals surface area (Å²) >= 11 is 7.56.